The summed E-state index contributed by atoms with van der Waals surface area (Å²) in [5, 5.41) is 10.4. The standard InChI is InChI=1S/C20H18F2N4O2/c21-15-7-6-14(12-16(15)22)19-24-20(28)17(25-26-19)8-9-18(27)23-11-10-13-4-2-1-3-5-13/h1-7,12H,8-11H2,(H,23,27)(H,24,26,28). The molecular formula is C20H18F2N4O2. The first-order valence-electron chi connectivity index (χ1n) is 8.75. The van der Waals surface area contributed by atoms with Gasteiger partial charge in [-0.2, -0.15) is 0 Å². The van der Waals surface area contributed by atoms with Gasteiger partial charge in [-0.1, -0.05) is 30.3 Å². The van der Waals surface area contributed by atoms with E-state index in [0.29, 0.717) is 6.54 Å². The van der Waals surface area contributed by atoms with Crippen LogP contribution in [0.15, 0.2) is 53.3 Å². The molecule has 0 aliphatic heterocycles. The summed E-state index contributed by atoms with van der Waals surface area (Å²) in [6.45, 7) is 0.500. The fraction of sp³-hybridized carbons (Fsp3) is 0.200. The number of benzene rings is 2. The lowest BCUT2D eigenvalue weighted by atomic mass is 10.1. The molecule has 28 heavy (non-hydrogen) atoms. The normalized spacial score (nSPS) is 10.6. The van der Waals surface area contributed by atoms with E-state index in [1.54, 1.807) is 0 Å². The molecule has 0 bridgehead atoms. The molecule has 144 valence electrons. The van der Waals surface area contributed by atoms with Crippen LogP contribution in [-0.2, 0) is 17.6 Å². The number of aromatic amines is 1. The number of H-pyrrole nitrogens is 1. The summed E-state index contributed by atoms with van der Waals surface area (Å²) < 4.78 is 26.3. The van der Waals surface area contributed by atoms with E-state index in [9.17, 15) is 18.4 Å². The van der Waals surface area contributed by atoms with Gasteiger partial charge >= 0.3 is 0 Å². The van der Waals surface area contributed by atoms with Crippen LogP contribution in [0.2, 0.25) is 0 Å². The lowest BCUT2D eigenvalue weighted by molar-refractivity contribution is -0.121. The van der Waals surface area contributed by atoms with Crippen LogP contribution in [0.3, 0.4) is 0 Å². The SMILES string of the molecule is O=C(CCc1nnc(-c2ccc(F)c(F)c2)[nH]c1=O)NCCc1ccccc1. The van der Waals surface area contributed by atoms with Crippen molar-refractivity contribution in [2.24, 2.45) is 0 Å². The monoisotopic (exact) mass is 384 g/mol. The van der Waals surface area contributed by atoms with Gasteiger partial charge in [-0.05, 0) is 30.2 Å². The highest BCUT2D eigenvalue weighted by Crippen LogP contribution is 2.16. The number of hydrogen-bond donors (Lipinski definition) is 2. The maximum Gasteiger partial charge on any atom is 0.273 e. The molecule has 0 saturated heterocycles. The molecule has 1 aromatic heterocycles. The molecule has 8 heteroatoms. The van der Waals surface area contributed by atoms with Crippen LogP contribution in [0.5, 0.6) is 0 Å². The Hall–Kier alpha value is -3.42. The summed E-state index contributed by atoms with van der Waals surface area (Å²) in [6, 6.07) is 12.9. The fourth-order valence-corrected chi connectivity index (χ4v) is 2.61. The first kappa shape index (κ1) is 19.3. The van der Waals surface area contributed by atoms with Crippen LogP contribution in [0, 0.1) is 11.6 Å². The molecule has 1 amide bonds. The van der Waals surface area contributed by atoms with E-state index in [-0.39, 0.29) is 35.8 Å². The Balaban J connectivity index is 1.53. The molecule has 0 fully saturated rings. The molecule has 0 saturated carbocycles. The second-order valence-electron chi connectivity index (χ2n) is 6.16. The second kappa shape index (κ2) is 8.98. The molecule has 0 aliphatic carbocycles. The van der Waals surface area contributed by atoms with Gasteiger partial charge in [-0.25, -0.2) is 8.78 Å². The minimum atomic E-state index is -1.05. The van der Waals surface area contributed by atoms with Gasteiger partial charge in [-0.3, -0.25) is 9.59 Å². The van der Waals surface area contributed by atoms with Crippen molar-refractivity contribution >= 4 is 5.91 Å². The number of nitrogens with one attached hydrogen (secondary N) is 2. The third-order valence-corrected chi connectivity index (χ3v) is 4.13. The van der Waals surface area contributed by atoms with E-state index in [2.05, 4.69) is 20.5 Å². The van der Waals surface area contributed by atoms with Gasteiger partial charge in [0.25, 0.3) is 5.56 Å². The summed E-state index contributed by atoms with van der Waals surface area (Å²) in [5.74, 6) is -2.20. The van der Waals surface area contributed by atoms with Crippen molar-refractivity contribution in [2.45, 2.75) is 19.3 Å². The molecule has 3 rings (SSSR count). The largest absolute Gasteiger partial charge is 0.356 e. The summed E-state index contributed by atoms with van der Waals surface area (Å²) in [7, 11) is 0. The number of halogens is 2. The van der Waals surface area contributed by atoms with Gasteiger partial charge in [0.2, 0.25) is 5.91 Å². The second-order valence-corrected chi connectivity index (χ2v) is 6.16. The molecule has 0 aliphatic rings. The van der Waals surface area contributed by atoms with E-state index in [1.165, 1.54) is 6.07 Å². The Morgan fingerprint density at radius 2 is 1.79 bits per heavy atom. The zero-order valence-corrected chi connectivity index (χ0v) is 14.9. The van der Waals surface area contributed by atoms with Crippen molar-refractivity contribution in [1.29, 1.82) is 0 Å². The Morgan fingerprint density at radius 3 is 2.50 bits per heavy atom. The number of carbonyl (C=O) groups is 1. The van der Waals surface area contributed by atoms with Crippen LogP contribution in [0.4, 0.5) is 8.78 Å². The molecular weight excluding hydrogens is 366 g/mol. The molecule has 0 unspecified atom stereocenters. The zero-order valence-electron chi connectivity index (χ0n) is 14.9. The topological polar surface area (TPSA) is 87.7 Å². The van der Waals surface area contributed by atoms with Gasteiger partial charge in [0, 0.05) is 24.9 Å². The highest BCUT2D eigenvalue weighted by Gasteiger charge is 2.11. The average Bonchev–Trinajstić information content (AvgIpc) is 2.70. The van der Waals surface area contributed by atoms with Gasteiger partial charge in [0.15, 0.2) is 17.5 Å². The number of aryl methyl sites for hydroxylation is 1. The predicted octanol–water partition coefficient (Wildman–Crippen LogP) is 2.40. The van der Waals surface area contributed by atoms with Crippen molar-refractivity contribution in [3.63, 3.8) is 0 Å². The highest BCUT2D eigenvalue weighted by atomic mass is 19.2. The third-order valence-electron chi connectivity index (χ3n) is 4.13. The Kier molecular flexibility index (Phi) is 6.21. The Bertz CT molecular complexity index is 1020. The van der Waals surface area contributed by atoms with Crippen molar-refractivity contribution in [3.05, 3.63) is 81.8 Å². The van der Waals surface area contributed by atoms with Gasteiger partial charge in [0.05, 0.1) is 0 Å². The smallest absolute Gasteiger partial charge is 0.273 e. The number of hydrogen-bond acceptors (Lipinski definition) is 4. The van der Waals surface area contributed by atoms with Crippen molar-refractivity contribution in [1.82, 2.24) is 20.5 Å². The Labute approximate surface area is 159 Å². The van der Waals surface area contributed by atoms with E-state index in [1.807, 2.05) is 30.3 Å². The quantitative estimate of drug-likeness (QED) is 0.655. The molecule has 0 radical (unpaired) electrons. The maximum atomic E-state index is 13.3. The average molecular weight is 384 g/mol. The minimum Gasteiger partial charge on any atom is -0.356 e. The summed E-state index contributed by atoms with van der Waals surface area (Å²) in [6.07, 6.45) is 0.935. The summed E-state index contributed by atoms with van der Waals surface area (Å²) in [4.78, 5) is 26.5. The first-order valence-corrected chi connectivity index (χ1v) is 8.75. The molecule has 3 aromatic rings. The number of nitrogens with zero attached hydrogens (tertiary/aromatic N) is 2. The fourth-order valence-electron chi connectivity index (χ4n) is 2.61. The lowest BCUT2D eigenvalue weighted by Gasteiger charge is -2.05. The van der Waals surface area contributed by atoms with Crippen molar-refractivity contribution < 1.29 is 13.6 Å². The van der Waals surface area contributed by atoms with E-state index in [0.717, 1.165) is 24.1 Å². The number of carbonyl (C=O) groups excluding carboxylic acids is 1. The number of rotatable bonds is 7. The Morgan fingerprint density at radius 1 is 1.00 bits per heavy atom. The highest BCUT2D eigenvalue weighted by molar-refractivity contribution is 5.76. The van der Waals surface area contributed by atoms with Crippen LogP contribution in [0.25, 0.3) is 11.4 Å². The zero-order chi connectivity index (χ0) is 19.9. The molecule has 0 spiro atoms. The van der Waals surface area contributed by atoms with Crippen LogP contribution in [-0.4, -0.2) is 27.6 Å². The predicted molar refractivity (Wildman–Crippen MR) is 99.5 cm³/mol. The molecule has 2 N–H and O–H groups in total. The molecule has 1 heterocycles. The van der Waals surface area contributed by atoms with Crippen LogP contribution < -0.4 is 10.9 Å². The van der Waals surface area contributed by atoms with Gasteiger partial charge in [-0.15, -0.1) is 10.2 Å². The number of amides is 1. The van der Waals surface area contributed by atoms with Crippen molar-refractivity contribution in [2.75, 3.05) is 6.54 Å². The summed E-state index contributed by atoms with van der Waals surface area (Å²) >= 11 is 0. The van der Waals surface area contributed by atoms with Crippen molar-refractivity contribution in [3.8, 4) is 11.4 Å². The third kappa shape index (κ3) is 5.06. The van der Waals surface area contributed by atoms with E-state index in [4.69, 9.17) is 0 Å². The molecule has 6 nitrogen and oxygen atoms in total. The van der Waals surface area contributed by atoms with Gasteiger partial charge in [0.1, 0.15) is 5.69 Å². The summed E-state index contributed by atoms with van der Waals surface area (Å²) in [5.41, 5.74) is 0.906. The van der Waals surface area contributed by atoms with Crippen LogP contribution in [0.1, 0.15) is 17.7 Å². The lowest BCUT2D eigenvalue weighted by Crippen LogP contribution is -2.27. The maximum absolute atomic E-state index is 13.3. The molecule has 0 atom stereocenters. The minimum absolute atomic E-state index is 0.0277. The van der Waals surface area contributed by atoms with Gasteiger partial charge < -0.3 is 10.3 Å². The number of aromatic nitrogens is 3. The van der Waals surface area contributed by atoms with E-state index >= 15 is 0 Å². The first-order chi connectivity index (χ1) is 13.5. The van der Waals surface area contributed by atoms with E-state index < -0.39 is 17.2 Å². The van der Waals surface area contributed by atoms with Crippen LogP contribution >= 0.6 is 0 Å². The molecule has 2 aromatic carbocycles.